The third-order valence-corrected chi connectivity index (χ3v) is 5.00. The fourth-order valence-electron chi connectivity index (χ4n) is 3.50. The first-order chi connectivity index (χ1) is 15.9. The SMILES string of the molecule is CC(C)Cn1nc(C(=O)NCc2cccc(NC(=O)c3ccco3)c2)c2ccccc2c1=O. The van der Waals surface area contributed by atoms with E-state index < -0.39 is 0 Å². The van der Waals surface area contributed by atoms with Crippen molar-refractivity contribution in [2.45, 2.75) is 26.9 Å². The molecule has 2 aromatic heterocycles. The van der Waals surface area contributed by atoms with Crippen molar-refractivity contribution in [1.29, 1.82) is 0 Å². The lowest BCUT2D eigenvalue weighted by Gasteiger charge is -2.13. The van der Waals surface area contributed by atoms with Gasteiger partial charge in [0.2, 0.25) is 0 Å². The molecule has 2 aromatic carbocycles. The molecule has 4 rings (SSSR count). The van der Waals surface area contributed by atoms with Crippen LogP contribution in [0.3, 0.4) is 0 Å². The van der Waals surface area contributed by atoms with E-state index in [-0.39, 0.29) is 41.3 Å². The first kappa shape index (κ1) is 22.0. The van der Waals surface area contributed by atoms with Gasteiger partial charge >= 0.3 is 0 Å². The number of furan rings is 1. The molecule has 33 heavy (non-hydrogen) atoms. The highest BCUT2D eigenvalue weighted by Crippen LogP contribution is 2.15. The number of anilines is 1. The van der Waals surface area contributed by atoms with Gasteiger partial charge in [0, 0.05) is 24.2 Å². The normalized spacial score (nSPS) is 11.0. The number of hydrogen-bond acceptors (Lipinski definition) is 5. The molecular weight excluding hydrogens is 420 g/mol. The van der Waals surface area contributed by atoms with Crippen LogP contribution in [0.5, 0.6) is 0 Å². The van der Waals surface area contributed by atoms with Gasteiger partial charge < -0.3 is 15.1 Å². The zero-order valence-electron chi connectivity index (χ0n) is 18.4. The molecule has 0 aliphatic heterocycles. The third-order valence-electron chi connectivity index (χ3n) is 5.00. The Kier molecular flexibility index (Phi) is 6.35. The van der Waals surface area contributed by atoms with Gasteiger partial charge in [-0.25, -0.2) is 4.68 Å². The molecule has 4 aromatic rings. The Balaban J connectivity index is 1.53. The van der Waals surface area contributed by atoms with E-state index in [4.69, 9.17) is 4.42 Å². The number of nitrogens with zero attached hydrogens (tertiary/aromatic N) is 2. The standard InChI is InChI=1S/C25H24N4O4/c1-16(2)15-29-25(32)20-10-4-3-9-19(20)22(28-29)24(31)26-14-17-7-5-8-18(13-17)27-23(30)21-11-6-12-33-21/h3-13,16H,14-15H2,1-2H3,(H,26,31)(H,27,30). The minimum atomic E-state index is -0.381. The van der Waals surface area contributed by atoms with Gasteiger partial charge in [-0.15, -0.1) is 0 Å². The molecule has 0 saturated heterocycles. The second-order valence-electron chi connectivity index (χ2n) is 8.09. The topological polar surface area (TPSA) is 106 Å². The van der Waals surface area contributed by atoms with Crippen molar-refractivity contribution in [3.63, 3.8) is 0 Å². The average Bonchev–Trinajstić information content (AvgIpc) is 3.35. The van der Waals surface area contributed by atoms with Crippen molar-refractivity contribution in [2.24, 2.45) is 5.92 Å². The number of aromatic nitrogens is 2. The van der Waals surface area contributed by atoms with E-state index in [1.54, 1.807) is 54.6 Å². The number of hydrogen-bond donors (Lipinski definition) is 2. The summed E-state index contributed by atoms with van der Waals surface area (Å²) < 4.78 is 6.46. The van der Waals surface area contributed by atoms with E-state index >= 15 is 0 Å². The summed E-state index contributed by atoms with van der Waals surface area (Å²) in [6.07, 6.45) is 1.43. The van der Waals surface area contributed by atoms with Crippen LogP contribution in [0, 0.1) is 5.92 Å². The quantitative estimate of drug-likeness (QED) is 0.451. The minimum absolute atomic E-state index is 0.200. The van der Waals surface area contributed by atoms with Crippen LogP contribution in [0.4, 0.5) is 5.69 Å². The molecule has 8 heteroatoms. The maximum atomic E-state index is 13.0. The maximum absolute atomic E-state index is 13.0. The number of benzene rings is 2. The second kappa shape index (κ2) is 9.52. The molecule has 8 nitrogen and oxygen atoms in total. The summed E-state index contributed by atoms with van der Waals surface area (Å²) >= 11 is 0. The van der Waals surface area contributed by atoms with E-state index in [1.807, 2.05) is 19.9 Å². The van der Waals surface area contributed by atoms with Crippen molar-refractivity contribution in [1.82, 2.24) is 15.1 Å². The van der Waals surface area contributed by atoms with Crippen LogP contribution in [0.25, 0.3) is 10.8 Å². The fraction of sp³-hybridized carbons (Fsp3) is 0.200. The van der Waals surface area contributed by atoms with E-state index in [9.17, 15) is 14.4 Å². The summed E-state index contributed by atoms with van der Waals surface area (Å²) in [7, 11) is 0. The first-order valence-corrected chi connectivity index (χ1v) is 10.6. The highest BCUT2D eigenvalue weighted by Gasteiger charge is 2.17. The minimum Gasteiger partial charge on any atom is -0.459 e. The second-order valence-corrected chi connectivity index (χ2v) is 8.09. The fourth-order valence-corrected chi connectivity index (χ4v) is 3.50. The predicted molar refractivity (Wildman–Crippen MR) is 125 cm³/mol. The lowest BCUT2D eigenvalue weighted by molar-refractivity contribution is 0.0943. The average molecular weight is 444 g/mol. The van der Waals surface area contributed by atoms with Gasteiger partial charge in [0.15, 0.2) is 11.5 Å². The largest absolute Gasteiger partial charge is 0.459 e. The van der Waals surface area contributed by atoms with Gasteiger partial charge in [-0.1, -0.05) is 44.2 Å². The van der Waals surface area contributed by atoms with Crippen LogP contribution in [0.15, 0.2) is 76.1 Å². The van der Waals surface area contributed by atoms with Crippen molar-refractivity contribution in [3.05, 3.63) is 94.3 Å². The highest BCUT2D eigenvalue weighted by atomic mass is 16.3. The van der Waals surface area contributed by atoms with Crippen LogP contribution in [-0.4, -0.2) is 21.6 Å². The monoisotopic (exact) mass is 444 g/mol. The molecule has 0 fully saturated rings. The lowest BCUT2D eigenvalue weighted by Crippen LogP contribution is -2.31. The van der Waals surface area contributed by atoms with Crippen LogP contribution in [0.2, 0.25) is 0 Å². The zero-order chi connectivity index (χ0) is 23.4. The molecule has 0 spiro atoms. The van der Waals surface area contributed by atoms with Gasteiger partial charge in [0.25, 0.3) is 17.4 Å². The Morgan fingerprint density at radius 1 is 1.00 bits per heavy atom. The third kappa shape index (κ3) is 5.01. The molecule has 0 radical (unpaired) electrons. The Morgan fingerprint density at radius 2 is 1.79 bits per heavy atom. The smallest absolute Gasteiger partial charge is 0.291 e. The van der Waals surface area contributed by atoms with Gasteiger partial charge in [-0.05, 0) is 41.8 Å². The van der Waals surface area contributed by atoms with Crippen molar-refractivity contribution < 1.29 is 14.0 Å². The summed E-state index contributed by atoms with van der Waals surface area (Å²) in [5.41, 5.74) is 1.36. The lowest BCUT2D eigenvalue weighted by atomic mass is 10.1. The van der Waals surface area contributed by atoms with Crippen LogP contribution in [-0.2, 0) is 13.1 Å². The van der Waals surface area contributed by atoms with E-state index in [0.717, 1.165) is 5.56 Å². The predicted octanol–water partition coefficient (Wildman–Crippen LogP) is 3.83. The van der Waals surface area contributed by atoms with E-state index in [0.29, 0.717) is 23.0 Å². The number of carbonyl (C=O) groups is 2. The summed E-state index contributed by atoms with van der Waals surface area (Å²) in [4.78, 5) is 38.0. The molecule has 0 bridgehead atoms. The van der Waals surface area contributed by atoms with Crippen molar-refractivity contribution in [3.8, 4) is 0 Å². The summed E-state index contributed by atoms with van der Waals surface area (Å²) in [6, 6.07) is 17.4. The summed E-state index contributed by atoms with van der Waals surface area (Å²) in [5, 5.41) is 11.0. The number of rotatable bonds is 7. The Bertz CT molecular complexity index is 1360. The van der Waals surface area contributed by atoms with Crippen LogP contribution >= 0.6 is 0 Å². The molecular formula is C25H24N4O4. The Morgan fingerprint density at radius 3 is 2.52 bits per heavy atom. The molecule has 0 saturated carbocycles. The number of amides is 2. The molecule has 0 aliphatic carbocycles. The number of carbonyl (C=O) groups excluding carboxylic acids is 2. The van der Waals surface area contributed by atoms with Gasteiger partial charge in [0.1, 0.15) is 0 Å². The van der Waals surface area contributed by atoms with Crippen molar-refractivity contribution in [2.75, 3.05) is 5.32 Å². The molecule has 2 N–H and O–H groups in total. The first-order valence-electron chi connectivity index (χ1n) is 10.6. The van der Waals surface area contributed by atoms with E-state index in [2.05, 4.69) is 15.7 Å². The van der Waals surface area contributed by atoms with Crippen LogP contribution < -0.4 is 16.2 Å². The molecule has 0 aliphatic rings. The Hall–Kier alpha value is -4.20. The maximum Gasteiger partial charge on any atom is 0.291 e. The molecule has 0 unspecified atom stereocenters. The highest BCUT2D eigenvalue weighted by molar-refractivity contribution is 6.05. The van der Waals surface area contributed by atoms with E-state index in [1.165, 1.54) is 10.9 Å². The van der Waals surface area contributed by atoms with Gasteiger partial charge in [-0.3, -0.25) is 14.4 Å². The molecule has 0 atom stereocenters. The Labute approximate surface area is 190 Å². The van der Waals surface area contributed by atoms with Crippen LogP contribution in [0.1, 0.15) is 40.5 Å². The molecule has 168 valence electrons. The number of fused-ring (bicyclic) bond motifs is 1. The summed E-state index contributed by atoms with van der Waals surface area (Å²) in [5.74, 6) is -0.326. The summed E-state index contributed by atoms with van der Waals surface area (Å²) in [6.45, 7) is 4.62. The van der Waals surface area contributed by atoms with Crippen molar-refractivity contribution >= 4 is 28.3 Å². The molecule has 2 heterocycles. The molecule has 2 amide bonds. The number of nitrogens with one attached hydrogen (secondary N) is 2. The van der Waals surface area contributed by atoms with Gasteiger partial charge in [-0.2, -0.15) is 5.10 Å². The zero-order valence-corrected chi connectivity index (χ0v) is 18.4. The van der Waals surface area contributed by atoms with Gasteiger partial charge in [0.05, 0.1) is 11.6 Å².